The van der Waals surface area contributed by atoms with Gasteiger partial charge in [-0.05, 0) is 23.3 Å². The van der Waals surface area contributed by atoms with E-state index in [1.807, 2.05) is 91.0 Å². The molecule has 3 aromatic carbocycles. The van der Waals surface area contributed by atoms with Crippen LogP contribution in [0.2, 0.25) is 0 Å². The van der Waals surface area contributed by atoms with Crippen molar-refractivity contribution in [1.82, 2.24) is 0 Å². The van der Waals surface area contributed by atoms with Gasteiger partial charge in [0.25, 0.3) is 0 Å². The van der Waals surface area contributed by atoms with Gasteiger partial charge in [-0.1, -0.05) is 78.9 Å². The van der Waals surface area contributed by atoms with E-state index in [0.717, 1.165) is 11.1 Å². The van der Waals surface area contributed by atoms with E-state index in [2.05, 4.69) is 5.32 Å². The molecule has 2 N–H and O–H groups in total. The van der Waals surface area contributed by atoms with Gasteiger partial charge >= 0.3 is 0 Å². The molecule has 0 saturated carbocycles. The molecule has 120 valence electrons. The van der Waals surface area contributed by atoms with Crippen LogP contribution >= 0.6 is 0 Å². The van der Waals surface area contributed by atoms with Crippen molar-refractivity contribution in [3.63, 3.8) is 0 Å². The normalized spacial score (nSPS) is 13.0. The minimum atomic E-state index is -0.919. The average molecular weight is 317 g/mol. The quantitative estimate of drug-likeness (QED) is 0.743. The minimum Gasteiger partial charge on any atom is -0.387 e. The maximum Gasteiger partial charge on any atom is 0.234 e. The van der Waals surface area contributed by atoms with E-state index in [4.69, 9.17) is 0 Å². The van der Waals surface area contributed by atoms with Crippen LogP contribution < -0.4 is 5.32 Å². The molecule has 0 aromatic heterocycles. The molecule has 3 rings (SSSR count). The van der Waals surface area contributed by atoms with E-state index in [9.17, 15) is 9.90 Å². The van der Waals surface area contributed by atoms with Crippen LogP contribution in [0.25, 0.3) is 0 Å². The summed E-state index contributed by atoms with van der Waals surface area (Å²) in [5.74, 6) is -0.919. The number of benzene rings is 3. The fraction of sp³-hybridized carbons (Fsp3) is 0.0952. The zero-order chi connectivity index (χ0) is 16.8. The molecule has 0 heterocycles. The molecule has 3 heteroatoms. The summed E-state index contributed by atoms with van der Waals surface area (Å²) >= 11 is 0. The van der Waals surface area contributed by atoms with Crippen molar-refractivity contribution < 1.29 is 9.90 Å². The van der Waals surface area contributed by atoms with Gasteiger partial charge in [0.2, 0.25) is 5.91 Å². The molecular formula is C21H19NO2. The van der Waals surface area contributed by atoms with Gasteiger partial charge < -0.3 is 10.4 Å². The zero-order valence-electron chi connectivity index (χ0n) is 13.2. The summed E-state index contributed by atoms with van der Waals surface area (Å²) in [7, 11) is 0. The van der Waals surface area contributed by atoms with Crippen molar-refractivity contribution in [2.24, 2.45) is 0 Å². The van der Waals surface area contributed by atoms with E-state index in [1.54, 1.807) is 0 Å². The van der Waals surface area contributed by atoms with Gasteiger partial charge in [-0.2, -0.15) is 0 Å². The maximum atomic E-state index is 12.9. The summed E-state index contributed by atoms with van der Waals surface area (Å²) in [6.07, 6.45) is -0.919. The molecule has 0 radical (unpaired) electrons. The molecule has 0 spiro atoms. The van der Waals surface area contributed by atoms with Crippen molar-refractivity contribution in [2.45, 2.75) is 12.0 Å². The highest BCUT2D eigenvalue weighted by Crippen LogP contribution is 2.32. The largest absolute Gasteiger partial charge is 0.387 e. The van der Waals surface area contributed by atoms with Crippen LogP contribution in [0.15, 0.2) is 91.0 Å². The average Bonchev–Trinajstić information content (AvgIpc) is 2.64. The summed E-state index contributed by atoms with van der Waals surface area (Å²) in [6.45, 7) is 0. The van der Waals surface area contributed by atoms with Gasteiger partial charge in [0.05, 0.1) is 12.0 Å². The highest BCUT2D eigenvalue weighted by Gasteiger charge is 2.29. The molecule has 3 nitrogen and oxygen atoms in total. The van der Waals surface area contributed by atoms with Gasteiger partial charge in [0.1, 0.15) is 0 Å². The third-order valence-corrected chi connectivity index (χ3v) is 3.94. The number of aliphatic hydroxyl groups excluding tert-OH is 1. The lowest BCUT2D eigenvalue weighted by molar-refractivity contribution is -0.120. The second kappa shape index (κ2) is 7.57. The van der Waals surface area contributed by atoms with E-state index in [1.165, 1.54) is 0 Å². The van der Waals surface area contributed by atoms with Crippen molar-refractivity contribution in [1.29, 1.82) is 0 Å². The lowest BCUT2D eigenvalue weighted by Gasteiger charge is -2.23. The highest BCUT2D eigenvalue weighted by atomic mass is 16.3. The van der Waals surface area contributed by atoms with Crippen molar-refractivity contribution >= 4 is 11.6 Å². The molecule has 0 aliphatic rings. The molecule has 3 aromatic rings. The molecule has 1 amide bonds. The lowest BCUT2D eigenvalue weighted by Crippen LogP contribution is -2.26. The van der Waals surface area contributed by atoms with Crippen LogP contribution in [0.4, 0.5) is 5.69 Å². The van der Waals surface area contributed by atoms with Crippen LogP contribution in [0.5, 0.6) is 0 Å². The summed E-state index contributed by atoms with van der Waals surface area (Å²) < 4.78 is 0. The number of carbonyl (C=O) groups excluding carboxylic acids is 1. The van der Waals surface area contributed by atoms with Gasteiger partial charge in [-0.15, -0.1) is 0 Å². The van der Waals surface area contributed by atoms with Gasteiger partial charge in [-0.3, -0.25) is 4.79 Å². The number of carbonyl (C=O) groups is 1. The van der Waals surface area contributed by atoms with E-state index in [-0.39, 0.29) is 5.91 Å². The molecule has 0 unspecified atom stereocenters. The Hall–Kier alpha value is -2.91. The second-order valence-electron chi connectivity index (χ2n) is 5.60. The number of nitrogens with one attached hydrogen (secondary N) is 1. The number of rotatable bonds is 5. The van der Waals surface area contributed by atoms with Gasteiger partial charge in [0.15, 0.2) is 0 Å². The van der Waals surface area contributed by atoms with E-state index < -0.39 is 12.0 Å². The molecule has 0 aliphatic carbocycles. The maximum absolute atomic E-state index is 12.9. The minimum absolute atomic E-state index is 0.233. The molecule has 2 atom stereocenters. The Morgan fingerprint density at radius 1 is 0.708 bits per heavy atom. The lowest BCUT2D eigenvalue weighted by atomic mass is 9.88. The van der Waals surface area contributed by atoms with Crippen LogP contribution in [-0.4, -0.2) is 11.0 Å². The van der Waals surface area contributed by atoms with E-state index in [0.29, 0.717) is 5.69 Å². The van der Waals surface area contributed by atoms with Crippen molar-refractivity contribution in [3.8, 4) is 0 Å². The molecule has 0 fully saturated rings. The summed E-state index contributed by atoms with van der Waals surface area (Å²) in [5, 5.41) is 13.7. The molecule has 0 aliphatic heterocycles. The van der Waals surface area contributed by atoms with Crippen LogP contribution in [0.1, 0.15) is 23.1 Å². The number of anilines is 1. The standard InChI is InChI=1S/C21H19NO2/c23-20(17-12-6-2-7-13-17)19(16-10-4-1-5-11-16)21(24)22-18-14-8-3-9-15-18/h1-15,19-20,23H,(H,22,24)/t19-,20-/m0/s1. The van der Waals surface area contributed by atoms with Crippen LogP contribution in [-0.2, 0) is 4.79 Å². The first-order valence-electron chi connectivity index (χ1n) is 7.89. The third-order valence-electron chi connectivity index (χ3n) is 3.94. The number of hydrogen-bond donors (Lipinski definition) is 2. The Labute approximate surface area is 141 Å². The predicted octanol–water partition coefficient (Wildman–Crippen LogP) is 4.14. The first-order valence-corrected chi connectivity index (χ1v) is 7.89. The first kappa shape index (κ1) is 16.0. The Balaban J connectivity index is 1.92. The Bertz CT molecular complexity index is 773. The first-order chi connectivity index (χ1) is 11.8. The molecule has 24 heavy (non-hydrogen) atoms. The summed E-state index contributed by atoms with van der Waals surface area (Å²) in [4.78, 5) is 12.9. The second-order valence-corrected chi connectivity index (χ2v) is 5.60. The Morgan fingerprint density at radius 2 is 1.17 bits per heavy atom. The molecular weight excluding hydrogens is 298 g/mol. The predicted molar refractivity (Wildman–Crippen MR) is 95.7 cm³/mol. The summed E-state index contributed by atoms with van der Waals surface area (Å²) in [6, 6.07) is 27.9. The summed E-state index contributed by atoms with van der Waals surface area (Å²) in [5.41, 5.74) is 2.21. The van der Waals surface area contributed by atoms with Crippen LogP contribution in [0, 0.1) is 0 Å². The van der Waals surface area contributed by atoms with Crippen molar-refractivity contribution in [2.75, 3.05) is 5.32 Å². The SMILES string of the molecule is O=C(Nc1ccccc1)[C@@H](c1ccccc1)[C@@H](O)c1ccccc1. The number of hydrogen-bond acceptors (Lipinski definition) is 2. The van der Waals surface area contributed by atoms with Gasteiger partial charge in [-0.25, -0.2) is 0 Å². The van der Waals surface area contributed by atoms with Crippen molar-refractivity contribution in [3.05, 3.63) is 102 Å². The fourth-order valence-corrected chi connectivity index (χ4v) is 2.72. The molecule has 0 saturated heterocycles. The number of para-hydroxylation sites is 1. The Kier molecular flexibility index (Phi) is 5.04. The third kappa shape index (κ3) is 3.70. The fourth-order valence-electron chi connectivity index (χ4n) is 2.72. The zero-order valence-corrected chi connectivity index (χ0v) is 13.2. The topological polar surface area (TPSA) is 49.3 Å². The van der Waals surface area contributed by atoms with E-state index >= 15 is 0 Å². The number of amides is 1. The Morgan fingerprint density at radius 3 is 1.71 bits per heavy atom. The molecule has 0 bridgehead atoms. The highest BCUT2D eigenvalue weighted by molar-refractivity contribution is 5.96. The smallest absolute Gasteiger partial charge is 0.234 e. The number of aliphatic hydroxyl groups is 1. The van der Waals surface area contributed by atoms with Crippen LogP contribution in [0.3, 0.4) is 0 Å². The monoisotopic (exact) mass is 317 g/mol. The van der Waals surface area contributed by atoms with Gasteiger partial charge in [0, 0.05) is 5.69 Å².